The number of aromatic nitrogens is 3. The quantitative estimate of drug-likeness (QED) is 0.372. The van der Waals surface area contributed by atoms with Gasteiger partial charge in [-0.1, -0.05) is 11.6 Å². The molecule has 0 fully saturated rings. The number of fused-ring (bicyclic) bond motifs is 1. The van der Waals surface area contributed by atoms with E-state index in [1.54, 1.807) is 0 Å². The number of anilines is 1. The third-order valence-electron chi connectivity index (χ3n) is 4.86. The summed E-state index contributed by atoms with van der Waals surface area (Å²) >= 11 is 5.72. The number of rotatable bonds is 5. The molecule has 4 aromatic rings. The molecule has 0 saturated heterocycles. The van der Waals surface area contributed by atoms with Crippen molar-refractivity contribution in [2.75, 3.05) is 19.5 Å². The lowest BCUT2D eigenvalue weighted by atomic mass is 10.1. The normalized spacial score (nSPS) is 11.5. The standard InChI is InChI=1S/C22H15ClF4N4O3/c1-33-17-6-3-11(7-18(17)34-2)16-9-19(22(25,26)27)31-20(30-16)13(10-28-31)21(32)29-12-4-5-15(24)14(23)8-12/h3-10H,1-2H3,(H,29,32). The largest absolute Gasteiger partial charge is 0.493 e. The average Bonchev–Trinajstić information content (AvgIpc) is 3.23. The summed E-state index contributed by atoms with van der Waals surface area (Å²) in [4.78, 5) is 17.1. The van der Waals surface area contributed by atoms with Gasteiger partial charge in [-0.15, -0.1) is 0 Å². The molecular formula is C22H15ClF4N4O3. The van der Waals surface area contributed by atoms with Crippen molar-refractivity contribution < 1.29 is 31.8 Å². The van der Waals surface area contributed by atoms with Crippen LogP contribution in [0.25, 0.3) is 16.9 Å². The highest BCUT2D eigenvalue weighted by Gasteiger charge is 2.36. The summed E-state index contributed by atoms with van der Waals surface area (Å²) in [6.07, 6.45) is -3.83. The first-order valence-corrected chi connectivity index (χ1v) is 9.95. The number of benzene rings is 2. The van der Waals surface area contributed by atoms with Crippen molar-refractivity contribution in [3.05, 3.63) is 70.8 Å². The lowest BCUT2D eigenvalue weighted by molar-refractivity contribution is -0.142. The minimum absolute atomic E-state index is 0.0693. The Morgan fingerprint density at radius 3 is 2.44 bits per heavy atom. The highest BCUT2D eigenvalue weighted by atomic mass is 35.5. The Kier molecular flexibility index (Phi) is 6.05. The lowest BCUT2D eigenvalue weighted by Gasteiger charge is -2.13. The summed E-state index contributed by atoms with van der Waals surface area (Å²) in [5, 5.41) is 5.94. The minimum Gasteiger partial charge on any atom is -0.493 e. The van der Waals surface area contributed by atoms with Gasteiger partial charge < -0.3 is 14.8 Å². The Bertz CT molecular complexity index is 1410. The number of methoxy groups -OCH3 is 2. The SMILES string of the molecule is COc1ccc(-c2cc(C(F)(F)F)n3ncc(C(=O)Nc4ccc(F)c(Cl)c4)c3n2)cc1OC. The number of nitrogens with zero attached hydrogens (tertiary/aromatic N) is 3. The number of ether oxygens (including phenoxy) is 2. The first-order chi connectivity index (χ1) is 16.1. The average molecular weight is 495 g/mol. The zero-order valence-corrected chi connectivity index (χ0v) is 18.3. The van der Waals surface area contributed by atoms with Crippen molar-refractivity contribution in [1.82, 2.24) is 14.6 Å². The fraction of sp³-hybridized carbons (Fsp3) is 0.136. The number of carbonyl (C=O) groups is 1. The van der Waals surface area contributed by atoms with E-state index in [4.69, 9.17) is 21.1 Å². The van der Waals surface area contributed by atoms with Crippen LogP contribution in [-0.2, 0) is 6.18 Å². The summed E-state index contributed by atoms with van der Waals surface area (Å²) in [6.45, 7) is 0. The summed E-state index contributed by atoms with van der Waals surface area (Å²) in [6, 6.07) is 8.80. The summed E-state index contributed by atoms with van der Waals surface area (Å²) in [7, 11) is 2.82. The molecule has 1 N–H and O–H groups in total. The maximum atomic E-state index is 13.8. The molecule has 7 nitrogen and oxygen atoms in total. The summed E-state index contributed by atoms with van der Waals surface area (Å²) in [5.41, 5.74) is -1.32. The lowest BCUT2D eigenvalue weighted by Crippen LogP contribution is -2.16. The van der Waals surface area contributed by atoms with Gasteiger partial charge in [0.2, 0.25) is 0 Å². The van der Waals surface area contributed by atoms with Gasteiger partial charge in [0.1, 0.15) is 11.4 Å². The monoisotopic (exact) mass is 494 g/mol. The Morgan fingerprint density at radius 1 is 1.06 bits per heavy atom. The third kappa shape index (κ3) is 4.34. The Morgan fingerprint density at radius 2 is 1.79 bits per heavy atom. The second-order valence-electron chi connectivity index (χ2n) is 6.97. The van der Waals surface area contributed by atoms with E-state index < -0.39 is 23.6 Å². The van der Waals surface area contributed by atoms with Crippen LogP contribution in [0.15, 0.2) is 48.7 Å². The van der Waals surface area contributed by atoms with E-state index in [-0.39, 0.29) is 33.4 Å². The second-order valence-corrected chi connectivity index (χ2v) is 7.38. The highest BCUT2D eigenvalue weighted by Crippen LogP contribution is 2.36. The van der Waals surface area contributed by atoms with E-state index in [2.05, 4.69) is 15.4 Å². The zero-order valence-electron chi connectivity index (χ0n) is 17.6. The van der Waals surface area contributed by atoms with Gasteiger partial charge in [0.05, 0.1) is 31.1 Å². The molecule has 0 unspecified atom stereocenters. The second kappa shape index (κ2) is 8.82. The van der Waals surface area contributed by atoms with Crippen molar-refractivity contribution in [1.29, 1.82) is 0 Å². The zero-order chi connectivity index (χ0) is 24.6. The molecule has 2 aromatic carbocycles. The predicted molar refractivity (Wildman–Crippen MR) is 116 cm³/mol. The van der Waals surface area contributed by atoms with Crippen LogP contribution in [0.2, 0.25) is 5.02 Å². The van der Waals surface area contributed by atoms with E-state index in [1.165, 1.54) is 44.6 Å². The molecule has 4 rings (SSSR count). The van der Waals surface area contributed by atoms with Gasteiger partial charge in [-0.05, 0) is 42.5 Å². The molecule has 0 atom stereocenters. The minimum atomic E-state index is -4.79. The Hall–Kier alpha value is -3.86. The smallest absolute Gasteiger partial charge is 0.433 e. The number of halogens is 5. The number of carbonyl (C=O) groups excluding carboxylic acids is 1. The summed E-state index contributed by atoms with van der Waals surface area (Å²) < 4.78 is 65.8. The molecule has 12 heteroatoms. The van der Waals surface area contributed by atoms with Crippen molar-refractivity contribution in [3.63, 3.8) is 0 Å². The van der Waals surface area contributed by atoms with Gasteiger partial charge in [-0.2, -0.15) is 18.3 Å². The number of hydrogen-bond donors (Lipinski definition) is 1. The van der Waals surface area contributed by atoms with Crippen LogP contribution < -0.4 is 14.8 Å². The number of hydrogen-bond acceptors (Lipinski definition) is 5. The molecule has 0 saturated carbocycles. The molecule has 2 heterocycles. The molecule has 2 aromatic heterocycles. The fourth-order valence-electron chi connectivity index (χ4n) is 3.24. The van der Waals surface area contributed by atoms with Crippen LogP contribution in [0.4, 0.5) is 23.2 Å². The van der Waals surface area contributed by atoms with Crippen LogP contribution in [0, 0.1) is 5.82 Å². The molecule has 0 radical (unpaired) electrons. The molecule has 34 heavy (non-hydrogen) atoms. The first-order valence-electron chi connectivity index (χ1n) is 9.57. The van der Waals surface area contributed by atoms with Crippen molar-refractivity contribution in [3.8, 4) is 22.8 Å². The van der Waals surface area contributed by atoms with Crippen LogP contribution >= 0.6 is 11.6 Å². The Balaban J connectivity index is 1.84. The molecular weight excluding hydrogens is 480 g/mol. The Labute approximate surface area is 194 Å². The van der Waals surface area contributed by atoms with Gasteiger partial charge in [-0.25, -0.2) is 13.9 Å². The van der Waals surface area contributed by atoms with Gasteiger partial charge >= 0.3 is 6.18 Å². The third-order valence-corrected chi connectivity index (χ3v) is 5.15. The van der Waals surface area contributed by atoms with Crippen molar-refractivity contribution >= 4 is 28.8 Å². The van der Waals surface area contributed by atoms with E-state index in [0.717, 1.165) is 18.3 Å². The van der Waals surface area contributed by atoms with E-state index in [1.807, 2.05) is 0 Å². The highest BCUT2D eigenvalue weighted by molar-refractivity contribution is 6.31. The van der Waals surface area contributed by atoms with E-state index in [9.17, 15) is 22.4 Å². The predicted octanol–water partition coefficient (Wildman–Crippen LogP) is 5.48. The number of alkyl halides is 3. The number of amides is 1. The molecule has 1 amide bonds. The van der Waals surface area contributed by atoms with Crippen molar-refractivity contribution in [2.24, 2.45) is 0 Å². The maximum Gasteiger partial charge on any atom is 0.433 e. The van der Waals surface area contributed by atoms with Crippen LogP contribution in [0.1, 0.15) is 16.1 Å². The van der Waals surface area contributed by atoms with Crippen LogP contribution in [0.3, 0.4) is 0 Å². The fourth-order valence-corrected chi connectivity index (χ4v) is 3.42. The molecule has 0 spiro atoms. The molecule has 0 aliphatic heterocycles. The topological polar surface area (TPSA) is 77.8 Å². The van der Waals surface area contributed by atoms with Gasteiger partial charge in [0, 0.05) is 11.3 Å². The van der Waals surface area contributed by atoms with E-state index >= 15 is 0 Å². The van der Waals surface area contributed by atoms with Crippen LogP contribution in [0.5, 0.6) is 11.5 Å². The molecule has 176 valence electrons. The summed E-state index contributed by atoms with van der Waals surface area (Å²) in [5.74, 6) is -0.824. The van der Waals surface area contributed by atoms with Gasteiger partial charge in [-0.3, -0.25) is 4.79 Å². The van der Waals surface area contributed by atoms with Crippen LogP contribution in [-0.4, -0.2) is 34.7 Å². The maximum absolute atomic E-state index is 13.8. The van der Waals surface area contributed by atoms with Gasteiger partial charge in [0.25, 0.3) is 5.91 Å². The number of nitrogens with one attached hydrogen (secondary N) is 1. The van der Waals surface area contributed by atoms with Gasteiger partial charge in [0.15, 0.2) is 22.8 Å². The molecule has 0 aliphatic carbocycles. The molecule has 0 aliphatic rings. The first kappa shape index (κ1) is 23.3. The van der Waals surface area contributed by atoms with Crippen molar-refractivity contribution in [2.45, 2.75) is 6.18 Å². The van der Waals surface area contributed by atoms with E-state index in [0.29, 0.717) is 15.8 Å². The molecule has 0 bridgehead atoms.